The average Bonchev–Trinajstić information content (AvgIpc) is 2.39. The van der Waals surface area contributed by atoms with Gasteiger partial charge in [0.1, 0.15) is 12.0 Å². The summed E-state index contributed by atoms with van der Waals surface area (Å²) in [7, 11) is -10.0. The van der Waals surface area contributed by atoms with Crippen molar-refractivity contribution in [3.05, 3.63) is 12.2 Å². The third-order valence-electron chi connectivity index (χ3n) is 3.01. The second kappa shape index (κ2) is 9.41. The van der Waals surface area contributed by atoms with Gasteiger partial charge < -0.3 is 22.2 Å². The monoisotopic (exact) mass is 438 g/mol. The summed E-state index contributed by atoms with van der Waals surface area (Å²) in [6.07, 6.45) is 0.644. The predicted octanol–water partition coefficient (Wildman–Crippen LogP) is 3.82. The van der Waals surface area contributed by atoms with Crippen LogP contribution in [0.4, 0.5) is 0 Å². The van der Waals surface area contributed by atoms with Gasteiger partial charge in [-0.3, -0.25) is 0 Å². The molecule has 0 amide bonds. The first kappa shape index (κ1) is 25.9. The number of ether oxygens (including phenoxy) is 1. The van der Waals surface area contributed by atoms with Crippen molar-refractivity contribution in [1.29, 1.82) is 0 Å². The molecule has 6 nitrogen and oxygen atoms in total. The topological polar surface area (TPSA) is 74.2 Å². The van der Waals surface area contributed by atoms with Crippen LogP contribution in [0.3, 0.4) is 0 Å². The molecule has 1 atom stereocenters. The molecule has 0 heterocycles. The molecule has 0 aliphatic heterocycles. The first-order chi connectivity index (χ1) is 11.4. The number of carbonyl (C=O) groups is 1. The summed E-state index contributed by atoms with van der Waals surface area (Å²) in [5.41, 5.74) is -0.451. The molecule has 0 aliphatic carbocycles. The fraction of sp³-hybridized carbons (Fsp3) is 0.812. The van der Waals surface area contributed by atoms with Gasteiger partial charge in [0.05, 0.1) is 0 Å². The van der Waals surface area contributed by atoms with E-state index in [9.17, 15) is 9.90 Å². The van der Waals surface area contributed by atoms with E-state index in [1.54, 1.807) is 6.92 Å². The van der Waals surface area contributed by atoms with Crippen molar-refractivity contribution < 1.29 is 27.0 Å². The Labute approximate surface area is 163 Å². The van der Waals surface area contributed by atoms with Crippen LogP contribution in [0, 0.1) is 0 Å². The number of hydrogen-bond acceptors (Lipinski definition) is 6. The van der Waals surface area contributed by atoms with E-state index in [4.69, 9.17) is 17.1 Å². The maximum absolute atomic E-state index is 11.8. The summed E-state index contributed by atoms with van der Waals surface area (Å²) in [6, 6.07) is 0. The van der Waals surface area contributed by atoms with Gasteiger partial charge in [0.25, 0.3) is 0 Å². The molecule has 0 radical (unpaired) electrons. The van der Waals surface area contributed by atoms with E-state index in [0.29, 0.717) is 12.0 Å². The lowest BCUT2D eigenvalue weighted by atomic mass is 10.4. The molecule has 0 rings (SSSR count). The molecule has 154 valence electrons. The van der Waals surface area contributed by atoms with E-state index in [-0.39, 0.29) is 6.23 Å². The van der Waals surface area contributed by atoms with Gasteiger partial charge in [0.2, 0.25) is 8.32 Å². The van der Waals surface area contributed by atoms with Crippen LogP contribution in [0.1, 0.15) is 20.3 Å². The number of esters is 1. The summed E-state index contributed by atoms with van der Waals surface area (Å²) in [4.78, 5) is 11.8. The Morgan fingerprint density at radius 3 is 1.69 bits per heavy atom. The lowest BCUT2D eigenvalue weighted by Gasteiger charge is -2.45. The predicted molar refractivity (Wildman–Crippen MR) is 115 cm³/mol. The molecule has 0 aromatic rings. The Bertz CT molecular complexity index is 480. The SMILES string of the molecule is C=C(C)C(=O)OC[Si](C)(C)O[Si](O[Si](C)(C)C)(O[Si](C)(C)C)C(O)CC. The molecular formula is C16H38O6Si4. The molecule has 0 spiro atoms. The molecule has 0 bridgehead atoms. The van der Waals surface area contributed by atoms with E-state index in [1.807, 2.05) is 20.0 Å². The van der Waals surface area contributed by atoms with Crippen molar-refractivity contribution in [2.75, 3.05) is 6.23 Å². The summed E-state index contributed by atoms with van der Waals surface area (Å²) in [6.45, 7) is 23.4. The fourth-order valence-corrected chi connectivity index (χ4v) is 16.5. The summed E-state index contributed by atoms with van der Waals surface area (Å²) >= 11 is 0. The molecule has 0 aliphatic rings. The number of rotatable bonds is 11. The Balaban J connectivity index is 5.73. The van der Waals surface area contributed by atoms with Crippen molar-refractivity contribution in [3.63, 3.8) is 0 Å². The van der Waals surface area contributed by atoms with Gasteiger partial charge in [-0.1, -0.05) is 13.5 Å². The first-order valence-electron chi connectivity index (χ1n) is 9.04. The Hall–Kier alpha value is -0.0825. The third kappa shape index (κ3) is 9.74. The number of aliphatic hydroxyl groups excluding tert-OH is 1. The van der Waals surface area contributed by atoms with Gasteiger partial charge in [-0.15, -0.1) is 0 Å². The van der Waals surface area contributed by atoms with Gasteiger partial charge >= 0.3 is 14.8 Å². The van der Waals surface area contributed by atoms with Crippen molar-refractivity contribution in [1.82, 2.24) is 0 Å². The molecule has 0 saturated heterocycles. The molecule has 1 unspecified atom stereocenters. The molecule has 1 N–H and O–H groups in total. The van der Waals surface area contributed by atoms with Crippen molar-refractivity contribution in [2.45, 2.75) is 78.4 Å². The lowest BCUT2D eigenvalue weighted by molar-refractivity contribution is -0.137. The van der Waals surface area contributed by atoms with Crippen LogP contribution < -0.4 is 0 Å². The van der Waals surface area contributed by atoms with Gasteiger partial charge in [-0.2, -0.15) is 0 Å². The number of carbonyl (C=O) groups excluding carboxylic acids is 1. The zero-order valence-electron chi connectivity index (χ0n) is 18.2. The van der Waals surface area contributed by atoms with Gasteiger partial charge in [0.15, 0.2) is 16.6 Å². The number of aliphatic hydroxyl groups is 1. The van der Waals surface area contributed by atoms with Crippen molar-refractivity contribution >= 4 is 39.7 Å². The average molecular weight is 439 g/mol. The van der Waals surface area contributed by atoms with Crippen LogP contribution in [-0.2, 0) is 21.9 Å². The molecule has 10 heteroatoms. The smallest absolute Gasteiger partial charge is 0.463 e. The first-order valence-corrected chi connectivity index (χ1v) is 20.8. The largest absolute Gasteiger partial charge is 0.499 e. The van der Waals surface area contributed by atoms with Gasteiger partial charge in [-0.25, -0.2) is 4.79 Å². The second-order valence-electron chi connectivity index (χ2n) is 9.17. The third-order valence-corrected chi connectivity index (χ3v) is 15.6. The highest BCUT2D eigenvalue weighted by Crippen LogP contribution is 2.29. The lowest BCUT2D eigenvalue weighted by Crippen LogP contribution is -2.68. The highest BCUT2D eigenvalue weighted by Gasteiger charge is 2.56. The molecule has 0 aromatic carbocycles. The molecule has 0 aromatic heterocycles. The zero-order valence-corrected chi connectivity index (χ0v) is 22.2. The van der Waals surface area contributed by atoms with E-state index in [1.165, 1.54) is 0 Å². The maximum Gasteiger partial charge on any atom is 0.499 e. The van der Waals surface area contributed by atoms with E-state index in [0.717, 1.165) is 0 Å². The minimum absolute atomic E-state index is 0.161. The van der Waals surface area contributed by atoms with Crippen LogP contribution in [0.25, 0.3) is 0 Å². The minimum Gasteiger partial charge on any atom is -0.463 e. The standard InChI is InChI=1S/C16H38O6Si4/c1-12-15(17)26(20-23(4,5)6,21-24(7,8)9)22-25(10,11)13-19-16(18)14(2)3/h15,17H,2,12-13H2,1,3-11H3. The van der Waals surface area contributed by atoms with Crippen LogP contribution in [0.5, 0.6) is 0 Å². The number of hydrogen-bond donors (Lipinski definition) is 1. The quantitative estimate of drug-likeness (QED) is 0.300. The summed E-state index contributed by atoms with van der Waals surface area (Å²) < 4.78 is 24.7. The zero-order chi connectivity index (χ0) is 21.0. The van der Waals surface area contributed by atoms with Gasteiger partial charge in [-0.05, 0) is 65.7 Å². The Kier molecular flexibility index (Phi) is 9.38. The normalized spacial score (nSPS) is 14.9. The van der Waals surface area contributed by atoms with Crippen LogP contribution >= 0.6 is 0 Å². The van der Waals surface area contributed by atoms with Crippen LogP contribution in [0.2, 0.25) is 52.4 Å². The van der Waals surface area contributed by atoms with Crippen LogP contribution in [0.15, 0.2) is 12.2 Å². The Morgan fingerprint density at radius 1 is 0.962 bits per heavy atom. The maximum atomic E-state index is 11.8. The van der Waals surface area contributed by atoms with E-state index in [2.05, 4.69) is 45.9 Å². The molecular weight excluding hydrogens is 401 g/mol. The van der Waals surface area contributed by atoms with E-state index >= 15 is 0 Å². The van der Waals surface area contributed by atoms with Crippen molar-refractivity contribution in [3.8, 4) is 0 Å². The van der Waals surface area contributed by atoms with E-state index < -0.39 is 45.5 Å². The fourth-order valence-electron chi connectivity index (χ4n) is 2.15. The van der Waals surface area contributed by atoms with Crippen molar-refractivity contribution in [2.24, 2.45) is 0 Å². The second-order valence-corrected chi connectivity index (χ2v) is 25.8. The van der Waals surface area contributed by atoms with Crippen LogP contribution in [-0.4, -0.2) is 56.8 Å². The Morgan fingerprint density at radius 2 is 1.38 bits per heavy atom. The summed E-state index contributed by atoms with van der Waals surface area (Å²) in [5, 5.41) is 10.9. The molecule has 0 saturated carbocycles. The highest BCUT2D eigenvalue weighted by atomic mass is 28.5. The molecule has 26 heavy (non-hydrogen) atoms. The minimum atomic E-state index is -3.38. The van der Waals surface area contributed by atoms with Gasteiger partial charge in [0, 0.05) is 5.57 Å². The highest BCUT2D eigenvalue weighted by molar-refractivity contribution is 6.90. The molecule has 0 fully saturated rings. The summed E-state index contributed by atoms with van der Waals surface area (Å²) in [5.74, 6) is -0.435.